The molecule has 0 saturated heterocycles. The van der Waals surface area contributed by atoms with Crippen LogP contribution in [0.1, 0.15) is 0 Å². The minimum Gasteiger partial charge on any atom is -0.251 e. The van der Waals surface area contributed by atoms with Crippen molar-refractivity contribution in [3.63, 3.8) is 0 Å². The van der Waals surface area contributed by atoms with Crippen molar-refractivity contribution in [1.82, 2.24) is 4.67 Å². The van der Waals surface area contributed by atoms with E-state index in [-0.39, 0.29) is 0 Å². The molecule has 0 aromatic heterocycles. The molecule has 0 aliphatic heterocycles. The summed E-state index contributed by atoms with van der Waals surface area (Å²) in [6, 6.07) is 0. The van der Waals surface area contributed by atoms with Gasteiger partial charge in [-0.1, -0.05) is 0 Å². The first-order valence-electron chi connectivity index (χ1n) is 2.76. The molecule has 0 saturated carbocycles. The first kappa shape index (κ1) is 11.3. The molecule has 7 heteroatoms. The van der Waals surface area contributed by atoms with E-state index in [1.165, 1.54) is 14.1 Å². The first-order chi connectivity index (χ1) is 4.65. The minimum atomic E-state index is -4.58. The molecule has 0 aromatic carbocycles. The summed E-state index contributed by atoms with van der Waals surface area (Å²) in [6.45, 7) is 1.08. The second-order valence-corrected chi connectivity index (χ2v) is 6.67. The van der Waals surface area contributed by atoms with Crippen LogP contribution < -0.4 is 0 Å². The zero-order valence-electron chi connectivity index (χ0n) is 6.63. The third kappa shape index (κ3) is 4.67. The molecule has 0 aliphatic rings. The Labute approximate surface area is 64.9 Å². The van der Waals surface area contributed by atoms with Crippen molar-refractivity contribution in [3.05, 3.63) is 0 Å². The van der Waals surface area contributed by atoms with Gasteiger partial charge < -0.3 is 0 Å². The summed E-state index contributed by atoms with van der Waals surface area (Å²) in [5.74, 6) is 0. The van der Waals surface area contributed by atoms with Crippen LogP contribution in [-0.4, -0.2) is 31.7 Å². The number of halogens is 3. The molecule has 0 N–H and O–H groups in total. The van der Waals surface area contributed by atoms with Gasteiger partial charge in [0.15, 0.2) is 0 Å². The molecule has 0 aliphatic carbocycles. The van der Waals surface area contributed by atoms with E-state index in [0.29, 0.717) is 0 Å². The van der Waals surface area contributed by atoms with E-state index in [2.05, 4.69) is 10.8 Å². The Balaban J connectivity index is 4.83. The maximum Gasteiger partial charge on any atom is 0.315 e. The Morgan fingerprint density at radius 3 is 1.73 bits per heavy atom. The molecule has 1 unspecified atom stereocenters. The van der Waals surface area contributed by atoms with Gasteiger partial charge in [-0.05, 0) is 20.4 Å². The smallest absolute Gasteiger partial charge is 0.251 e. The highest BCUT2D eigenvalue weighted by molar-refractivity contribution is 7.71. The number of hydrogen-bond donors (Lipinski definition) is 0. The minimum absolute atomic E-state index is 1.08. The molecule has 0 heterocycles. The van der Waals surface area contributed by atoms with E-state index in [1.807, 2.05) is 0 Å². The predicted molar refractivity (Wildman–Crippen MR) is 46.3 cm³/mol. The van der Waals surface area contributed by atoms with Gasteiger partial charge in [-0.25, -0.2) is 0 Å². The zero-order valence-corrected chi connectivity index (χ0v) is 8.42. The van der Waals surface area contributed by atoms with E-state index < -0.39 is 15.2 Å². The Morgan fingerprint density at radius 2 is 1.64 bits per heavy atom. The van der Waals surface area contributed by atoms with E-state index in [4.69, 9.17) is 0 Å². The van der Waals surface area contributed by atoms with Crippen LogP contribution in [0, 0.1) is 0 Å². The molecule has 0 aromatic rings. The molecule has 2 nitrogen and oxygen atoms in total. The van der Waals surface area contributed by atoms with Gasteiger partial charge in [0.05, 0.1) is 0 Å². The summed E-state index contributed by atoms with van der Waals surface area (Å²) in [5, 5.41) is 0. The highest BCUT2D eigenvalue weighted by Gasteiger charge is 2.19. The summed E-state index contributed by atoms with van der Waals surface area (Å²) in [6.07, 6.45) is 2.51. The van der Waals surface area contributed by atoms with E-state index in [1.54, 1.807) is 0 Å². The molecule has 11 heavy (non-hydrogen) atoms. The van der Waals surface area contributed by atoms with Crippen molar-refractivity contribution >= 4 is 21.5 Å². The van der Waals surface area contributed by atoms with E-state index >= 15 is 0 Å². The van der Waals surface area contributed by atoms with Crippen LogP contribution in [0.5, 0.6) is 0 Å². The van der Waals surface area contributed by atoms with Gasteiger partial charge in [-0.15, -0.1) is 0 Å². The second kappa shape index (κ2) is 3.34. The lowest BCUT2D eigenvalue weighted by Gasteiger charge is -2.17. The van der Waals surface area contributed by atoms with Gasteiger partial charge in [0, 0.05) is 6.66 Å². The molecule has 0 fully saturated rings. The summed E-state index contributed by atoms with van der Waals surface area (Å²) >= 11 is 0. The van der Waals surface area contributed by atoms with Crippen LogP contribution in [0.25, 0.3) is 0 Å². The normalized spacial score (nSPS) is 18.1. The second-order valence-electron chi connectivity index (χ2n) is 2.34. The number of hydrogen-bond acceptors (Lipinski definition) is 1. The number of nitrogens with zero attached hydrogens (tertiary/aromatic N) is 2. The number of rotatable bonds is 2. The summed E-state index contributed by atoms with van der Waals surface area (Å²) < 4.78 is 41.3. The van der Waals surface area contributed by atoms with Crippen molar-refractivity contribution in [2.75, 3.05) is 20.8 Å². The molecule has 0 spiro atoms. The van der Waals surface area contributed by atoms with Crippen LogP contribution >= 0.6 is 15.2 Å². The van der Waals surface area contributed by atoms with Gasteiger partial charge in [-0.2, -0.15) is 17.1 Å². The highest BCUT2D eigenvalue weighted by atomic mass is 31.3. The van der Waals surface area contributed by atoms with E-state index in [0.717, 1.165) is 11.3 Å². The van der Waals surface area contributed by atoms with Crippen LogP contribution in [0.15, 0.2) is 4.52 Å². The standard InChI is InChI=1S/C4H11F3N2P2/c1-9(2)11(4,7)8-10(3,5)6/h3H2,1-2,4H3. The van der Waals surface area contributed by atoms with Crippen LogP contribution in [0.3, 0.4) is 0 Å². The lowest BCUT2D eigenvalue weighted by atomic mass is 11.3. The third-order valence-electron chi connectivity index (χ3n) is 1.02. The molecule has 0 radical (unpaired) electrons. The fourth-order valence-corrected chi connectivity index (χ4v) is 2.87. The SMILES string of the molecule is C=P(F)(F)N=P(C)(F)N(C)C. The van der Waals surface area contributed by atoms with Crippen LogP contribution in [-0.2, 0) is 0 Å². The lowest BCUT2D eigenvalue weighted by molar-refractivity contribution is 0.615. The van der Waals surface area contributed by atoms with Crippen LogP contribution in [0.2, 0.25) is 0 Å². The Hall–Kier alpha value is 0.280. The molecule has 0 rings (SSSR count). The van der Waals surface area contributed by atoms with Crippen molar-refractivity contribution < 1.29 is 12.6 Å². The highest BCUT2D eigenvalue weighted by Crippen LogP contribution is 2.63. The maximum absolute atomic E-state index is 13.1. The maximum atomic E-state index is 13.1. The molecule has 68 valence electrons. The fourth-order valence-electron chi connectivity index (χ4n) is 0.319. The quantitative estimate of drug-likeness (QED) is 0.632. The first-order valence-corrected chi connectivity index (χ1v) is 6.51. The molecular formula is C4H11F3N2P2. The van der Waals surface area contributed by atoms with Crippen molar-refractivity contribution in [1.29, 1.82) is 0 Å². The van der Waals surface area contributed by atoms with Crippen molar-refractivity contribution in [2.45, 2.75) is 0 Å². The van der Waals surface area contributed by atoms with Gasteiger partial charge >= 0.3 is 7.66 Å². The van der Waals surface area contributed by atoms with E-state index in [9.17, 15) is 12.6 Å². The average molecular weight is 206 g/mol. The van der Waals surface area contributed by atoms with Crippen molar-refractivity contribution in [2.24, 2.45) is 4.52 Å². The molecular weight excluding hydrogens is 195 g/mol. The fraction of sp³-hybridized carbons (Fsp3) is 0.750. The lowest BCUT2D eigenvalue weighted by Crippen LogP contribution is -2.03. The van der Waals surface area contributed by atoms with Crippen LogP contribution in [0.4, 0.5) is 12.6 Å². The summed E-state index contributed by atoms with van der Waals surface area (Å²) in [7, 11) is -5.26. The van der Waals surface area contributed by atoms with Crippen molar-refractivity contribution in [3.8, 4) is 0 Å². The topological polar surface area (TPSA) is 15.6 Å². The molecule has 0 bridgehead atoms. The Kier molecular flexibility index (Phi) is 3.43. The summed E-state index contributed by atoms with van der Waals surface area (Å²) in [4.78, 5) is 0. The zero-order chi connectivity index (χ0) is 9.28. The Bertz CT molecular complexity index is 225. The molecule has 0 amide bonds. The van der Waals surface area contributed by atoms with Gasteiger partial charge in [0.2, 0.25) is 7.52 Å². The van der Waals surface area contributed by atoms with Gasteiger partial charge in [0.25, 0.3) is 0 Å². The molecule has 1 atom stereocenters. The predicted octanol–water partition coefficient (Wildman–Crippen LogP) is 3.31. The monoisotopic (exact) mass is 206 g/mol. The summed E-state index contributed by atoms with van der Waals surface area (Å²) in [5.41, 5.74) is 0. The van der Waals surface area contributed by atoms with Gasteiger partial charge in [0.1, 0.15) is 0 Å². The Morgan fingerprint density at radius 1 is 1.27 bits per heavy atom. The largest absolute Gasteiger partial charge is 0.315 e. The van der Waals surface area contributed by atoms with Gasteiger partial charge in [-0.3, -0.25) is 4.67 Å². The average Bonchev–Trinajstić information content (AvgIpc) is 1.56. The third-order valence-corrected chi connectivity index (χ3v) is 4.84.